The molecule has 0 radical (unpaired) electrons. The first-order chi connectivity index (χ1) is 12.9. The van der Waals surface area contributed by atoms with Gasteiger partial charge in [-0.3, -0.25) is 14.4 Å². The second kappa shape index (κ2) is 10.1. The molecule has 148 valence electrons. The van der Waals surface area contributed by atoms with Gasteiger partial charge in [0, 0.05) is 36.8 Å². The number of likely N-dealkylation sites (tertiary alicyclic amines) is 1. The van der Waals surface area contributed by atoms with E-state index in [0.717, 1.165) is 25.7 Å². The molecule has 0 aliphatic carbocycles. The van der Waals surface area contributed by atoms with Crippen LogP contribution in [0.1, 0.15) is 56.8 Å². The highest BCUT2D eigenvalue weighted by molar-refractivity contribution is 5.96. The molecule has 1 heterocycles. The minimum atomic E-state index is -0.135. The summed E-state index contributed by atoms with van der Waals surface area (Å²) < 4.78 is 0. The molecule has 0 aromatic heterocycles. The lowest BCUT2D eigenvalue weighted by Crippen LogP contribution is -2.45. The van der Waals surface area contributed by atoms with Gasteiger partial charge in [-0.25, -0.2) is 0 Å². The summed E-state index contributed by atoms with van der Waals surface area (Å²) in [6, 6.07) is 6.94. The van der Waals surface area contributed by atoms with E-state index in [-0.39, 0.29) is 29.6 Å². The largest absolute Gasteiger partial charge is 0.356 e. The minimum absolute atomic E-state index is 0.0488. The number of amides is 3. The van der Waals surface area contributed by atoms with E-state index < -0.39 is 0 Å². The third-order valence-electron chi connectivity index (χ3n) is 4.83. The van der Waals surface area contributed by atoms with E-state index in [1.807, 2.05) is 13.8 Å². The van der Waals surface area contributed by atoms with Crippen molar-refractivity contribution in [3.8, 4) is 0 Å². The predicted molar refractivity (Wildman–Crippen MR) is 106 cm³/mol. The first-order valence-electron chi connectivity index (χ1n) is 9.90. The molecule has 1 fully saturated rings. The molecule has 1 aromatic carbocycles. The van der Waals surface area contributed by atoms with Gasteiger partial charge in [0.05, 0.1) is 5.92 Å². The summed E-state index contributed by atoms with van der Waals surface area (Å²) in [5.41, 5.74) is 1.25. The molecule has 6 nitrogen and oxygen atoms in total. The Morgan fingerprint density at radius 1 is 1.19 bits per heavy atom. The standard InChI is InChI=1S/C21H31N3O3/c1-4-5-12-22-20(26)17-7-6-13-24(14-17)21(27)16-8-10-18(11-9-16)23-19(25)15(2)3/h8-11,15,17H,4-7,12-14H2,1-3H3,(H,22,26)(H,23,25)/t17-/m1/s1. The summed E-state index contributed by atoms with van der Waals surface area (Å²) in [5, 5.41) is 5.79. The Bertz CT molecular complexity index is 655. The lowest BCUT2D eigenvalue weighted by molar-refractivity contribution is -0.126. The van der Waals surface area contributed by atoms with Gasteiger partial charge < -0.3 is 15.5 Å². The Balaban J connectivity index is 1.94. The summed E-state index contributed by atoms with van der Waals surface area (Å²) in [7, 11) is 0. The highest BCUT2D eigenvalue weighted by Crippen LogP contribution is 2.20. The first-order valence-corrected chi connectivity index (χ1v) is 9.90. The third-order valence-corrected chi connectivity index (χ3v) is 4.83. The van der Waals surface area contributed by atoms with E-state index >= 15 is 0 Å². The molecule has 2 N–H and O–H groups in total. The molecule has 2 rings (SSSR count). The molecular weight excluding hydrogens is 342 g/mol. The predicted octanol–water partition coefficient (Wildman–Crippen LogP) is 3.05. The van der Waals surface area contributed by atoms with Crippen LogP contribution in [0.15, 0.2) is 24.3 Å². The molecule has 0 unspecified atom stereocenters. The molecule has 6 heteroatoms. The van der Waals surface area contributed by atoms with E-state index in [9.17, 15) is 14.4 Å². The van der Waals surface area contributed by atoms with Crippen LogP contribution < -0.4 is 10.6 Å². The number of piperidine rings is 1. The van der Waals surface area contributed by atoms with Gasteiger partial charge in [-0.05, 0) is 43.5 Å². The van der Waals surface area contributed by atoms with Crippen LogP contribution in [-0.2, 0) is 9.59 Å². The van der Waals surface area contributed by atoms with E-state index in [2.05, 4.69) is 17.6 Å². The van der Waals surface area contributed by atoms with Crippen molar-refractivity contribution in [2.45, 2.75) is 46.5 Å². The molecule has 3 amide bonds. The molecule has 0 spiro atoms. The molecular formula is C21H31N3O3. The smallest absolute Gasteiger partial charge is 0.253 e. The monoisotopic (exact) mass is 373 g/mol. The first kappa shape index (κ1) is 20.9. The summed E-state index contributed by atoms with van der Waals surface area (Å²) in [4.78, 5) is 38.6. The zero-order valence-corrected chi connectivity index (χ0v) is 16.6. The average Bonchev–Trinajstić information content (AvgIpc) is 2.68. The molecule has 1 aliphatic heterocycles. The second-order valence-corrected chi connectivity index (χ2v) is 7.46. The molecule has 1 aromatic rings. The Morgan fingerprint density at radius 2 is 1.89 bits per heavy atom. The fourth-order valence-corrected chi connectivity index (χ4v) is 3.07. The normalized spacial score (nSPS) is 16.9. The van der Waals surface area contributed by atoms with Crippen molar-refractivity contribution in [2.75, 3.05) is 25.0 Å². The topological polar surface area (TPSA) is 78.5 Å². The van der Waals surface area contributed by atoms with Crippen LogP contribution in [0, 0.1) is 11.8 Å². The van der Waals surface area contributed by atoms with Gasteiger partial charge in [0.25, 0.3) is 5.91 Å². The molecule has 1 saturated heterocycles. The van der Waals surface area contributed by atoms with Crippen molar-refractivity contribution in [1.82, 2.24) is 10.2 Å². The van der Waals surface area contributed by atoms with E-state index in [0.29, 0.717) is 30.9 Å². The van der Waals surface area contributed by atoms with Gasteiger partial charge in [0.1, 0.15) is 0 Å². The van der Waals surface area contributed by atoms with Crippen molar-refractivity contribution >= 4 is 23.4 Å². The molecule has 0 saturated carbocycles. The number of nitrogens with one attached hydrogen (secondary N) is 2. The quantitative estimate of drug-likeness (QED) is 0.721. The van der Waals surface area contributed by atoms with Crippen LogP contribution in [0.25, 0.3) is 0 Å². The van der Waals surface area contributed by atoms with E-state index in [1.54, 1.807) is 29.2 Å². The zero-order valence-electron chi connectivity index (χ0n) is 16.6. The number of hydrogen-bond donors (Lipinski definition) is 2. The van der Waals surface area contributed by atoms with Crippen LogP contribution in [0.5, 0.6) is 0 Å². The van der Waals surface area contributed by atoms with Crippen molar-refractivity contribution < 1.29 is 14.4 Å². The fourth-order valence-electron chi connectivity index (χ4n) is 3.07. The lowest BCUT2D eigenvalue weighted by Gasteiger charge is -2.32. The SMILES string of the molecule is CCCCNC(=O)[C@@H]1CCCN(C(=O)c2ccc(NC(=O)C(C)C)cc2)C1. The maximum absolute atomic E-state index is 12.8. The Morgan fingerprint density at radius 3 is 2.52 bits per heavy atom. The van der Waals surface area contributed by atoms with Gasteiger partial charge in [0.2, 0.25) is 11.8 Å². The number of rotatable bonds is 7. The summed E-state index contributed by atoms with van der Waals surface area (Å²) >= 11 is 0. The molecule has 1 aliphatic rings. The van der Waals surface area contributed by atoms with Crippen LogP contribution in [-0.4, -0.2) is 42.3 Å². The van der Waals surface area contributed by atoms with Crippen molar-refractivity contribution in [1.29, 1.82) is 0 Å². The third kappa shape index (κ3) is 6.08. The second-order valence-electron chi connectivity index (χ2n) is 7.46. The van der Waals surface area contributed by atoms with Crippen molar-refractivity contribution in [2.24, 2.45) is 11.8 Å². The molecule has 0 bridgehead atoms. The Labute approximate surface area is 161 Å². The number of hydrogen-bond acceptors (Lipinski definition) is 3. The van der Waals surface area contributed by atoms with Crippen LogP contribution in [0.2, 0.25) is 0 Å². The summed E-state index contributed by atoms with van der Waals surface area (Å²) in [5.74, 6) is -0.304. The number of anilines is 1. The molecule has 27 heavy (non-hydrogen) atoms. The van der Waals surface area contributed by atoms with E-state index in [4.69, 9.17) is 0 Å². The number of carbonyl (C=O) groups excluding carboxylic acids is 3. The minimum Gasteiger partial charge on any atom is -0.356 e. The molecule has 1 atom stereocenters. The number of carbonyl (C=O) groups is 3. The number of benzene rings is 1. The van der Waals surface area contributed by atoms with Crippen LogP contribution in [0.3, 0.4) is 0 Å². The fraction of sp³-hybridized carbons (Fsp3) is 0.571. The maximum Gasteiger partial charge on any atom is 0.253 e. The van der Waals surface area contributed by atoms with Crippen molar-refractivity contribution in [3.63, 3.8) is 0 Å². The van der Waals surface area contributed by atoms with E-state index in [1.165, 1.54) is 0 Å². The van der Waals surface area contributed by atoms with Gasteiger partial charge in [-0.2, -0.15) is 0 Å². The van der Waals surface area contributed by atoms with Crippen molar-refractivity contribution in [3.05, 3.63) is 29.8 Å². The highest BCUT2D eigenvalue weighted by Gasteiger charge is 2.28. The Hall–Kier alpha value is -2.37. The average molecular weight is 373 g/mol. The number of nitrogens with zero attached hydrogens (tertiary/aromatic N) is 1. The van der Waals surface area contributed by atoms with Gasteiger partial charge >= 0.3 is 0 Å². The van der Waals surface area contributed by atoms with Gasteiger partial charge in [0.15, 0.2) is 0 Å². The maximum atomic E-state index is 12.8. The summed E-state index contributed by atoms with van der Waals surface area (Å²) in [6.07, 6.45) is 3.67. The number of unbranched alkanes of at least 4 members (excludes halogenated alkanes) is 1. The Kier molecular flexibility index (Phi) is 7.82. The summed E-state index contributed by atoms with van der Waals surface area (Å²) in [6.45, 7) is 7.58. The lowest BCUT2D eigenvalue weighted by atomic mass is 9.96. The van der Waals surface area contributed by atoms with Crippen LogP contribution in [0.4, 0.5) is 5.69 Å². The highest BCUT2D eigenvalue weighted by atomic mass is 16.2. The van der Waals surface area contributed by atoms with Gasteiger partial charge in [-0.1, -0.05) is 27.2 Å². The zero-order chi connectivity index (χ0) is 19.8. The van der Waals surface area contributed by atoms with Crippen LogP contribution >= 0.6 is 0 Å². The van der Waals surface area contributed by atoms with Gasteiger partial charge in [-0.15, -0.1) is 0 Å².